The Hall–Kier alpha value is -3.05. The number of fused-ring (bicyclic) bond motifs is 1. The quantitative estimate of drug-likeness (QED) is 0.506. The van der Waals surface area contributed by atoms with E-state index in [1.54, 1.807) is 6.26 Å². The summed E-state index contributed by atoms with van der Waals surface area (Å²) in [5, 5.41) is 11.1. The number of furan rings is 1. The molecule has 0 saturated heterocycles. The highest BCUT2D eigenvalue weighted by molar-refractivity contribution is 5.85. The first kappa shape index (κ1) is 17.4. The number of oxazole rings is 1. The highest BCUT2D eigenvalue weighted by Gasteiger charge is 2.13. The van der Waals surface area contributed by atoms with Crippen LogP contribution in [0, 0.1) is 6.92 Å². The van der Waals surface area contributed by atoms with Crippen LogP contribution in [-0.2, 0) is 13.0 Å². The van der Waals surface area contributed by atoms with Gasteiger partial charge in [0, 0.05) is 29.4 Å². The molecule has 0 aliphatic heterocycles. The van der Waals surface area contributed by atoms with E-state index in [1.165, 1.54) is 0 Å². The Labute approximate surface area is 157 Å². The molecule has 0 fully saturated rings. The molecule has 27 heavy (non-hydrogen) atoms. The molecule has 2 aromatic heterocycles. The number of aliphatic hydroxyl groups excluding tert-OH is 1. The summed E-state index contributed by atoms with van der Waals surface area (Å²) in [5.74, 6) is 2.97. The van der Waals surface area contributed by atoms with E-state index in [0.29, 0.717) is 25.3 Å². The molecule has 2 aromatic carbocycles. The molecule has 0 aliphatic rings. The van der Waals surface area contributed by atoms with Crippen LogP contribution in [0.25, 0.3) is 22.2 Å². The second-order valence-electron chi connectivity index (χ2n) is 6.41. The molecule has 0 bridgehead atoms. The van der Waals surface area contributed by atoms with Gasteiger partial charge in [0.25, 0.3) is 0 Å². The maximum atomic E-state index is 9.03. The van der Waals surface area contributed by atoms with Crippen molar-refractivity contribution in [1.29, 1.82) is 0 Å². The minimum absolute atomic E-state index is 0.146. The molecule has 0 atom stereocenters. The lowest BCUT2D eigenvalue weighted by atomic mass is 10.1. The first-order valence-corrected chi connectivity index (χ1v) is 9.00. The third-order valence-corrected chi connectivity index (χ3v) is 4.50. The Morgan fingerprint density at radius 2 is 1.96 bits per heavy atom. The fraction of sp³-hybridized carbons (Fsp3) is 0.227. The molecule has 1 N–H and O–H groups in total. The average Bonchev–Trinajstić information content (AvgIpc) is 3.28. The van der Waals surface area contributed by atoms with Crippen molar-refractivity contribution in [3.8, 4) is 17.2 Å². The maximum absolute atomic E-state index is 9.03. The van der Waals surface area contributed by atoms with Crippen LogP contribution in [0.1, 0.15) is 23.6 Å². The second-order valence-corrected chi connectivity index (χ2v) is 6.41. The lowest BCUT2D eigenvalue weighted by Gasteiger charge is -2.05. The Bertz CT molecular complexity index is 1030. The van der Waals surface area contributed by atoms with Crippen LogP contribution >= 0.6 is 0 Å². The normalized spacial score (nSPS) is 11.2. The molecule has 138 valence electrons. The molecule has 5 nitrogen and oxygen atoms in total. The van der Waals surface area contributed by atoms with E-state index in [2.05, 4.69) is 4.98 Å². The SMILES string of the molecule is Cc1oc(-c2ccccc2)nc1COc1ccc2coc(CCCO)c2c1. The van der Waals surface area contributed by atoms with Gasteiger partial charge >= 0.3 is 0 Å². The zero-order valence-electron chi connectivity index (χ0n) is 15.1. The zero-order chi connectivity index (χ0) is 18.6. The van der Waals surface area contributed by atoms with Gasteiger partial charge in [-0.1, -0.05) is 18.2 Å². The van der Waals surface area contributed by atoms with Gasteiger partial charge in [0.2, 0.25) is 5.89 Å². The Morgan fingerprint density at radius 3 is 2.78 bits per heavy atom. The standard InChI is InChI=1S/C22H21NO4/c1-15-20(23-22(27-15)16-6-3-2-4-7-16)14-25-18-10-9-17-13-26-21(8-5-11-24)19(17)12-18/h2-4,6-7,9-10,12-13,24H,5,8,11,14H2,1H3. The summed E-state index contributed by atoms with van der Waals surface area (Å²) in [5.41, 5.74) is 1.72. The molecule has 0 saturated carbocycles. The molecule has 2 heterocycles. The fourth-order valence-electron chi connectivity index (χ4n) is 3.02. The van der Waals surface area contributed by atoms with E-state index in [1.807, 2.05) is 55.5 Å². The maximum Gasteiger partial charge on any atom is 0.226 e. The summed E-state index contributed by atoms with van der Waals surface area (Å²) < 4.78 is 17.3. The van der Waals surface area contributed by atoms with Crippen LogP contribution in [0.5, 0.6) is 5.75 Å². The molecular weight excluding hydrogens is 342 g/mol. The zero-order valence-corrected chi connectivity index (χ0v) is 15.1. The number of aliphatic hydroxyl groups is 1. The van der Waals surface area contributed by atoms with E-state index in [-0.39, 0.29) is 6.61 Å². The summed E-state index contributed by atoms with van der Waals surface area (Å²) in [6.07, 6.45) is 3.11. The number of rotatable bonds is 7. The van der Waals surface area contributed by atoms with Gasteiger partial charge < -0.3 is 18.7 Å². The van der Waals surface area contributed by atoms with E-state index in [0.717, 1.165) is 39.3 Å². The van der Waals surface area contributed by atoms with Crippen molar-refractivity contribution in [2.24, 2.45) is 0 Å². The van der Waals surface area contributed by atoms with Crippen molar-refractivity contribution in [2.75, 3.05) is 6.61 Å². The van der Waals surface area contributed by atoms with Crippen LogP contribution in [0.3, 0.4) is 0 Å². The number of nitrogens with zero attached hydrogens (tertiary/aromatic N) is 1. The van der Waals surface area contributed by atoms with Crippen molar-refractivity contribution in [2.45, 2.75) is 26.4 Å². The van der Waals surface area contributed by atoms with Crippen molar-refractivity contribution < 1.29 is 18.7 Å². The monoisotopic (exact) mass is 363 g/mol. The molecule has 0 amide bonds. The van der Waals surface area contributed by atoms with Crippen molar-refractivity contribution in [3.63, 3.8) is 0 Å². The largest absolute Gasteiger partial charge is 0.487 e. The smallest absolute Gasteiger partial charge is 0.226 e. The highest BCUT2D eigenvalue weighted by atomic mass is 16.5. The second kappa shape index (κ2) is 7.68. The molecule has 5 heteroatoms. The lowest BCUT2D eigenvalue weighted by Crippen LogP contribution is -1.97. The predicted octanol–water partition coefficient (Wildman–Crippen LogP) is 4.90. The molecule has 0 radical (unpaired) electrons. The van der Waals surface area contributed by atoms with Crippen LogP contribution in [0.2, 0.25) is 0 Å². The topological polar surface area (TPSA) is 68.6 Å². The summed E-state index contributed by atoms with van der Waals surface area (Å²) >= 11 is 0. The van der Waals surface area contributed by atoms with Gasteiger partial charge in [-0.25, -0.2) is 4.98 Å². The van der Waals surface area contributed by atoms with Gasteiger partial charge in [-0.3, -0.25) is 0 Å². The Kier molecular flexibility index (Phi) is 4.94. The van der Waals surface area contributed by atoms with Gasteiger partial charge in [-0.15, -0.1) is 0 Å². The summed E-state index contributed by atoms with van der Waals surface area (Å²) in [7, 11) is 0. The third-order valence-electron chi connectivity index (χ3n) is 4.50. The van der Waals surface area contributed by atoms with Gasteiger partial charge in [-0.2, -0.15) is 0 Å². The van der Waals surface area contributed by atoms with E-state index in [4.69, 9.17) is 18.7 Å². The average molecular weight is 363 g/mol. The van der Waals surface area contributed by atoms with Crippen molar-refractivity contribution in [1.82, 2.24) is 4.98 Å². The van der Waals surface area contributed by atoms with Gasteiger partial charge in [0.05, 0.1) is 6.26 Å². The minimum Gasteiger partial charge on any atom is -0.487 e. The predicted molar refractivity (Wildman–Crippen MR) is 103 cm³/mol. The number of aromatic nitrogens is 1. The molecule has 0 spiro atoms. The van der Waals surface area contributed by atoms with Gasteiger partial charge in [0.15, 0.2) is 0 Å². The van der Waals surface area contributed by atoms with Crippen LogP contribution in [0.15, 0.2) is 63.6 Å². The van der Waals surface area contributed by atoms with Gasteiger partial charge in [-0.05, 0) is 43.7 Å². The first-order valence-electron chi connectivity index (χ1n) is 9.00. The number of aryl methyl sites for hydroxylation is 2. The van der Waals surface area contributed by atoms with Gasteiger partial charge in [0.1, 0.15) is 29.6 Å². The molecule has 0 aliphatic carbocycles. The Morgan fingerprint density at radius 1 is 1.11 bits per heavy atom. The first-order chi connectivity index (χ1) is 13.2. The summed E-state index contributed by atoms with van der Waals surface area (Å²) in [4.78, 5) is 4.57. The van der Waals surface area contributed by atoms with Crippen LogP contribution in [0.4, 0.5) is 0 Å². The lowest BCUT2D eigenvalue weighted by molar-refractivity contribution is 0.284. The van der Waals surface area contributed by atoms with E-state index >= 15 is 0 Å². The fourth-order valence-corrected chi connectivity index (χ4v) is 3.02. The molecular formula is C22H21NO4. The number of ether oxygens (including phenoxy) is 1. The number of hydrogen-bond acceptors (Lipinski definition) is 5. The number of benzene rings is 2. The minimum atomic E-state index is 0.146. The van der Waals surface area contributed by atoms with Crippen LogP contribution < -0.4 is 4.74 Å². The van der Waals surface area contributed by atoms with Crippen molar-refractivity contribution >= 4 is 10.8 Å². The van der Waals surface area contributed by atoms with Crippen molar-refractivity contribution in [3.05, 3.63) is 72.0 Å². The molecule has 4 rings (SSSR count). The van der Waals surface area contributed by atoms with Crippen LogP contribution in [-0.4, -0.2) is 16.7 Å². The highest BCUT2D eigenvalue weighted by Crippen LogP contribution is 2.28. The molecule has 4 aromatic rings. The molecule has 0 unspecified atom stereocenters. The summed E-state index contributed by atoms with van der Waals surface area (Å²) in [6, 6.07) is 15.7. The van der Waals surface area contributed by atoms with E-state index < -0.39 is 0 Å². The summed E-state index contributed by atoms with van der Waals surface area (Å²) in [6.45, 7) is 2.37. The van der Waals surface area contributed by atoms with E-state index in [9.17, 15) is 0 Å². The number of hydrogen-bond donors (Lipinski definition) is 1. The third kappa shape index (κ3) is 3.73. The Balaban J connectivity index is 1.51.